The molecule has 0 saturated heterocycles. The Hall–Kier alpha value is -3.91. The number of rotatable bonds is 6. The Kier molecular flexibility index (Phi) is 6.99. The van der Waals surface area contributed by atoms with Gasteiger partial charge in [0.05, 0.1) is 17.6 Å². The first-order chi connectivity index (χ1) is 14.5. The van der Waals surface area contributed by atoms with Crippen LogP contribution in [0, 0.1) is 33.1 Å². The van der Waals surface area contributed by atoms with E-state index in [4.69, 9.17) is 11.6 Å². The Labute approximate surface area is 179 Å². The molecule has 0 aliphatic heterocycles. The predicted octanol–water partition coefficient (Wildman–Crippen LogP) is 3.69. The number of carbonyl (C=O) groups is 1. The Morgan fingerprint density at radius 1 is 1.39 bits per heavy atom. The van der Waals surface area contributed by atoms with Gasteiger partial charge in [0.2, 0.25) is 11.5 Å². The van der Waals surface area contributed by atoms with Crippen molar-refractivity contribution < 1.29 is 33.4 Å². The van der Waals surface area contributed by atoms with Crippen LogP contribution < -0.4 is 4.74 Å². The van der Waals surface area contributed by atoms with Crippen LogP contribution in [0.5, 0.6) is 11.5 Å². The van der Waals surface area contributed by atoms with Gasteiger partial charge in [-0.15, -0.1) is 0 Å². The predicted molar refractivity (Wildman–Crippen MR) is 104 cm³/mol. The van der Waals surface area contributed by atoms with Gasteiger partial charge in [0.1, 0.15) is 17.6 Å². The van der Waals surface area contributed by atoms with Gasteiger partial charge in [-0.2, -0.15) is 5.26 Å². The maximum Gasteiger partial charge on any atom is 0.315 e. The molecule has 0 aromatic heterocycles. The van der Waals surface area contributed by atoms with Crippen LogP contribution in [0.15, 0.2) is 29.8 Å². The smallest absolute Gasteiger partial charge is 0.315 e. The summed E-state index contributed by atoms with van der Waals surface area (Å²) < 4.78 is 33.1. The summed E-state index contributed by atoms with van der Waals surface area (Å²) in [5.74, 6) is -6.58. The lowest BCUT2D eigenvalue weighted by Crippen LogP contribution is -2.28. The number of carbonyl (C=O) groups excluding carboxylic acids is 1. The molecule has 0 bridgehead atoms. The molecule has 0 aliphatic carbocycles. The number of aromatic hydroxyl groups is 1. The minimum Gasteiger partial charge on any atom is -0.506 e. The number of hydrogen-bond donors (Lipinski definition) is 2. The Morgan fingerprint density at radius 3 is 2.58 bits per heavy atom. The normalized spacial score (nSPS) is 11.4. The highest BCUT2D eigenvalue weighted by Crippen LogP contribution is 2.41. The molecule has 0 heterocycles. The zero-order valence-corrected chi connectivity index (χ0v) is 16.8. The van der Waals surface area contributed by atoms with Gasteiger partial charge in [-0.05, 0) is 18.2 Å². The van der Waals surface area contributed by atoms with Gasteiger partial charge >= 0.3 is 5.69 Å². The fraction of sp³-hybridized carbons (Fsp3) is 0.158. The quantitative estimate of drug-likeness (QED) is 0.224. The second kappa shape index (κ2) is 9.27. The summed E-state index contributed by atoms with van der Waals surface area (Å²) in [5, 5.41) is 40.8. The number of phenols is 1. The molecule has 0 spiro atoms. The number of ether oxygens (including phenoxy) is 1. The molecule has 0 saturated carbocycles. The Balaban J connectivity index is 2.55. The highest BCUT2D eigenvalue weighted by molar-refractivity contribution is 6.30. The fourth-order valence-corrected chi connectivity index (χ4v) is 2.82. The number of hydrogen-bond acceptors (Lipinski definition) is 7. The molecule has 2 rings (SSSR count). The van der Waals surface area contributed by atoms with Gasteiger partial charge in [-0.25, -0.2) is 8.78 Å². The molecule has 2 aromatic rings. The number of aliphatic hydroxyl groups excluding tert-OH is 1. The van der Waals surface area contributed by atoms with E-state index in [0.717, 1.165) is 18.1 Å². The van der Waals surface area contributed by atoms with Crippen LogP contribution in [0.25, 0.3) is 5.76 Å². The molecule has 2 N–H and O–H groups in total. The monoisotopic (exact) mass is 453 g/mol. The topological polar surface area (TPSA) is 137 Å². The Bertz CT molecular complexity index is 1150. The van der Waals surface area contributed by atoms with Gasteiger partial charge < -0.3 is 19.8 Å². The summed E-state index contributed by atoms with van der Waals surface area (Å²) in [4.78, 5) is 23.5. The first-order valence-electron chi connectivity index (χ1n) is 8.30. The molecule has 12 heteroatoms. The molecule has 9 nitrogen and oxygen atoms in total. The number of nitrogens with zero attached hydrogens (tertiary/aromatic N) is 3. The lowest BCUT2D eigenvalue weighted by atomic mass is 10.0. The molecule has 0 atom stereocenters. The van der Waals surface area contributed by atoms with E-state index < -0.39 is 56.5 Å². The number of phenolic OH excluding ortho intramolecular Hbond substituents is 1. The average molecular weight is 454 g/mol. The van der Waals surface area contributed by atoms with Crippen LogP contribution in [0.4, 0.5) is 14.5 Å². The summed E-state index contributed by atoms with van der Waals surface area (Å²) in [6, 6.07) is 5.47. The number of nitro benzene ring substituents is 1. The number of nitriles is 1. The van der Waals surface area contributed by atoms with Gasteiger partial charge in [0, 0.05) is 30.2 Å². The van der Waals surface area contributed by atoms with E-state index in [2.05, 4.69) is 4.74 Å². The molecule has 162 valence electrons. The molecule has 0 radical (unpaired) electrons. The van der Waals surface area contributed by atoms with E-state index >= 15 is 0 Å². The lowest BCUT2D eigenvalue weighted by molar-refractivity contribution is -0.386. The summed E-state index contributed by atoms with van der Waals surface area (Å²) in [7, 11) is 2.10. The van der Waals surface area contributed by atoms with Gasteiger partial charge in [-0.1, -0.05) is 11.6 Å². The second-order valence-electron chi connectivity index (χ2n) is 6.13. The van der Waals surface area contributed by atoms with Crippen LogP contribution in [0.1, 0.15) is 11.1 Å². The number of nitro groups is 1. The van der Waals surface area contributed by atoms with E-state index in [1.807, 2.05) is 0 Å². The molecule has 31 heavy (non-hydrogen) atoms. The van der Waals surface area contributed by atoms with E-state index in [-0.39, 0.29) is 17.1 Å². The SMILES string of the molecule is COc1c(O)c([N+](=O)[O-])cc(/C(O)=C(\C#N)C(=O)N(C)Cc2cc(Cl)ccc2F)c1F. The minimum atomic E-state index is -1.44. The summed E-state index contributed by atoms with van der Waals surface area (Å²) >= 11 is 5.80. The minimum absolute atomic E-state index is 0.00764. The standard InChI is InChI=1S/C19H14ClF2N3O6/c1-24(8-9-5-10(20)3-4-13(9)21)19(28)12(7-23)16(26)11-6-14(25(29)30)17(27)18(31-2)15(11)22/h3-6,26-27H,8H2,1-2H3/b16-12-. The third kappa shape index (κ3) is 4.65. The van der Waals surface area contributed by atoms with Crippen LogP contribution >= 0.6 is 11.6 Å². The fourth-order valence-electron chi connectivity index (χ4n) is 2.63. The third-order valence-corrected chi connectivity index (χ3v) is 4.39. The van der Waals surface area contributed by atoms with E-state index in [9.17, 15) is 39.2 Å². The highest BCUT2D eigenvalue weighted by atomic mass is 35.5. The lowest BCUT2D eigenvalue weighted by Gasteiger charge is -2.18. The number of aliphatic hydroxyl groups is 1. The van der Waals surface area contributed by atoms with E-state index in [1.54, 1.807) is 0 Å². The van der Waals surface area contributed by atoms with Crippen molar-refractivity contribution in [2.45, 2.75) is 6.54 Å². The molecular formula is C19H14ClF2N3O6. The van der Waals surface area contributed by atoms with E-state index in [0.29, 0.717) is 6.07 Å². The third-order valence-electron chi connectivity index (χ3n) is 4.15. The van der Waals surface area contributed by atoms with Crippen molar-refractivity contribution in [3.05, 3.63) is 67.7 Å². The molecule has 0 aliphatic rings. The first kappa shape index (κ1) is 23.4. The molecule has 2 aromatic carbocycles. The molecular weight excluding hydrogens is 440 g/mol. The van der Waals surface area contributed by atoms with Crippen molar-refractivity contribution in [2.24, 2.45) is 0 Å². The maximum absolute atomic E-state index is 14.6. The molecule has 1 amide bonds. The maximum atomic E-state index is 14.6. The van der Waals surface area contributed by atoms with Crippen LogP contribution in [-0.2, 0) is 11.3 Å². The van der Waals surface area contributed by atoms with Crippen molar-refractivity contribution in [1.82, 2.24) is 4.90 Å². The first-order valence-corrected chi connectivity index (χ1v) is 8.68. The van der Waals surface area contributed by atoms with Crippen LogP contribution in [-0.4, -0.2) is 40.1 Å². The van der Waals surface area contributed by atoms with Crippen molar-refractivity contribution in [2.75, 3.05) is 14.2 Å². The highest BCUT2D eigenvalue weighted by Gasteiger charge is 2.30. The molecule has 0 unspecified atom stereocenters. The molecule has 0 fully saturated rings. The summed E-state index contributed by atoms with van der Waals surface area (Å²) in [6.07, 6.45) is 0. The second-order valence-corrected chi connectivity index (χ2v) is 6.56. The number of benzene rings is 2. The van der Waals surface area contributed by atoms with Gasteiger partial charge in [-0.3, -0.25) is 14.9 Å². The number of methoxy groups -OCH3 is 1. The van der Waals surface area contributed by atoms with Crippen molar-refractivity contribution in [3.63, 3.8) is 0 Å². The van der Waals surface area contributed by atoms with Crippen molar-refractivity contribution in [3.8, 4) is 17.6 Å². The Morgan fingerprint density at radius 2 is 2.03 bits per heavy atom. The van der Waals surface area contributed by atoms with Crippen LogP contribution in [0.3, 0.4) is 0 Å². The average Bonchev–Trinajstić information content (AvgIpc) is 2.71. The largest absolute Gasteiger partial charge is 0.506 e. The number of amides is 1. The van der Waals surface area contributed by atoms with Gasteiger partial charge in [0.25, 0.3) is 5.91 Å². The number of likely N-dealkylation sites (N-methyl/N-ethyl adjacent to an activating group) is 1. The summed E-state index contributed by atoms with van der Waals surface area (Å²) in [6.45, 7) is -0.356. The van der Waals surface area contributed by atoms with E-state index in [1.165, 1.54) is 25.2 Å². The van der Waals surface area contributed by atoms with Crippen molar-refractivity contribution in [1.29, 1.82) is 5.26 Å². The van der Waals surface area contributed by atoms with Crippen LogP contribution in [0.2, 0.25) is 5.02 Å². The van der Waals surface area contributed by atoms with Crippen molar-refractivity contribution >= 4 is 29.0 Å². The zero-order valence-electron chi connectivity index (χ0n) is 16.0. The zero-order chi connectivity index (χ0) is 23.5. The number of halogens is 3. The summed E-state index contributed by atoms with van der Waals surface area (Å²) in [5.41, 5.74) is -2.92. The van der Waals surface area contributed by atoms with Gasteiger partial charge in [0.15, 0.2) is 11.4 Å².